The number of carbonyl (C=O) groups is 2. The highest BCUT2D eigenvalue weighted by Gasteiger charge is 2.38. The molecule has 10 nitrogen and oxygen atoms in total. The number of hydrogen-bond donors (Lipinski definition) is 1. The minimum Gasteiger partial charge on any atom is -0.711 e. The minimum absolute atomic E-state index is 0.178. The van der Waals surface area contributed by atoms with Crippen molar-refractivity contribution in [2.24, 2.45) is 0 Å². The Bertz CT molecular complexity index is 1200. The van der Waals surface area contributed by atoms with Gasteiger partial charge in [0, 0.05) is 29.4 Å². The molecule has 4 rings (SSSR count). The van der Waals surface area contributed by atoms with Gasteiger partial charge in [0.2, 0.25) is 21.8 Å². The van der Waals surface area contributed by atoms with Crippen LogP contribution in [0.1, 0.15) is 42.4 Å². The molecule has 4 heterocycles. The fraction of sp³-hybridized carbons (Fsp3) is 0.429. The van der Waals surface area contributed by atoms with E-state index in [0.29, 0.717) is 46.3 Å². The number of nitrogens with zero attached hydrogens (tertiary/aromatic N) is 4. The predicted molar refractivity (Wildman–Crippen MR) is 127 cm³/mol. The lowest BCUT2D eigenvalue weighted by Gasteiger charge is -2.33. The number of carbonyl (C=O) groups excluding carboxylic acids is 2. The molecular formula is C21H24ClN5O5S2. The molecule has 2 aromatic rings. The number of aromatic nitrogens is 2. The maximum absolute atomic E-state index is 13.0. The Labute approximate surface area is 206 Å². The maximum Gasteiger partial charge on any atom is 0.323 e. The summed E-state index contributed by atoms with van der Waals surface area (Å²) in [6, 6.07) is 3.49. The molecule has 0 spiro atoms. The van der Waals surface area contributed by atoms with Gasteiger partial charge in [-0.2, -0.15) is 4.72 Å². The number of amides is 2. The Morgan fingerprint density at radius 1 is 1.32 bits per heavy atom. The Morgan fingerprint density at radius 3 is 2.85 bits per heavy atom. The van der Waals surface area contributed by atoms with E-state index in [1.54, 1.807) is 17.0 Å². The van der Waals surface area contributed by atoms with Crippen LogP contribution in [0.15, 0.2) is 36.0 Å². The second-order valence-electron chi connectivity index (χ2n) is 8.11. The van der Waals surface area contributed by atoms with Crippen LogP contribution in [0.3, 0.4) is 0 Å². The molecule has 0 aromatic carbocycles. The molecule has 0 unspecified atom stereocenters. The van der Waals surface area contributed by atoms with E-state index in [2.05, 4.69) is 9.71 Å². The number of piperidine rings is 1. The summed E-state index contributed by atoms with van der Waals surface area (Å²) < 4.78 is 28.6. The van der Waals surface area contributed by atoms with Gasteiger partial charge >= 0.3 is 5.82 Å². The number of hydrogen-bond acceptors (Lipinski definition) is 7. The predicted octanol–water partition coefficient (Wildman–Crippen LogP) is 1.67. The fourth-order valence-corrected chi connectivity index (χ4v) is 6.28. The monoisotopic (exact) mass is 525 g/mol. The molecule has 0 bridgehead atoms. The molecule has 34 heavy (non-hydrogen) atoms. The molecular weight excluding hydrogens is 502 g/mol. The zero-order valence-electron chi connectivity index (χ0n) is 18.2. The highest BCUT2D eigenvalue weighted by Crippen LogP contribution is 2.29. The van der Waals surface area contributed by atoms with Crippen LogP contribution in [-0.4, -0.2) is 60.7 Å². The first kappa shape index (κ1) is 24.6. The van der Waals surface area contributed by atoms with Gasteiger partial charge in [0.1, 0.15) is 18.3 Å². The topological polar surface area (TPSA) is 127 Å². The van der Waals surface area contributed by atoms with E-state index >= 15 is 0 Å². The summed E-state index contributed by atoms with van der Waals surface area (Å²) in [7, 11) is -3.88. The lowest BCUT2D eigenvalue weighted by atomic mass is 10.1. The normalized spacial score (nSPS) is 21.5. The second-order valence-corrected chi connectivity index (χ2v) is 11.5. The zero-order valence-corrected chi connectivity index (χ0v) is 20.6. The fourth-order valence-electron chi connectivity index (χ4n) is 4.21. The van der Waals surface area contributed by atoms with Crippen molar-refractivity contribution in [1.82, 2.24) is 19.5 Å². The van der Waals surface area contributed by atoms with E-state index < -0.39 is 28.0 Å². The van der Waals surface area contributed by atoms with Crippen LogP contribution in [0.4, 0.5) is 0 Å². The van der Waals surface area contributed by atoms with Gasteiger partial charge in [-0.15, -0.1) is 11.3 Å². The van der Waals surface area contributed by atoms with Crippen molar-refractivity contribution in [1.29, 1.82) is 0 Å². The summed E-state index contributed by atoms with van der Waals surface area (Å²) in [5.41, 5.74) is 0. The van der Waals surface area contributed by atoms with Crippen molar-refractivity contribution in [3.05, 3.63) is 56.2 Å². The van der Waals surface area contributed by atoms with Gasteiger partial charge in [-0.1, -0.05) is 16.6 Å². The molecule has 0 saturated carbocycles. The van der Waals surface area contributed by atoms with Gasteiger partial charge in [0.05, 0.1) is 17.1 Å². The van der Waals surface area contributed by atoms with E-state index in [9.17, 15) is 23.2 Å². The van der Waals surface area contributed by atoms with Crippen molar-refractivity contribution in [3.63, 3.8) is 0 Å². The molecule has 2 atom stereocenters. The van der Waals surface area contributed by atoms with Gasteiger partial charge in [-0.05, 0) is 43.9 Å². The molecule has 1 N–H and O–H groups in total. The van der Waals surface area contributed by atoms with Crippen molar-refractivity contribution < 1.29 is 22.7 Å². The van der Waals surface area contributed by atoms with E-state index in [-0.39, 0.29) is 18.3 Å². The summed E-state index contributed by atoms with van der Waals surface area (Å²) in [6.45, 7) is 0.647. The van der Waals surface area contributed by atoms with E-state index in [1.165, 1.54) is 40.8 Å². The van der Waals surface area contributed by atoms with Gasteiger partial charge in [0.25, 0.3) is 0 Å². The molecule has 0 radical (unpaired) electrons. The average Bonchev–Trinajstić information content (AvgIpc) is 3.44. The lowest BCUT2D eigenvalue weighted by molar-refractivity contribution is -0.620. The SMILES string of the molecule is O=C1[C@@H](NS(=O)(=O)C=Cc2ccc(Cl)s2)CCCN1CC(=O)N1CCC[C@H]1c1nccc[n+]1[O-]. The molecule has 2 aliphatic heterocycles. The molecule has 2 amide bonds. The van der Waals surface area contributed by atoms with E-state index in [0.717, 1.165) is 11.8 Å². The van der Waals surface area contributed by atoms with Crippen LogP contribution in [0, 0.1) is 5.21 Å². The number of thiophene rings is 1. The van der Waals surface area contributed by atoms with Gasteiger partial charge in [0.15, 0.2) is 0 Å². The average molecular weight is 526 g/mol. The molecule has 2 aliphatic rings. The second kappa shape index (κ2) is 10.4. The zero-order chi connectivity index (χ0) is 24.3. The number of rotatable bonds is 7. The highest BCUT2D eigenvalue weighted by atomic mass is 35.5. The first-order valence-corrected chi connectivity index (χ1v) is 13.6. The number of sulfonamides is 1. The van der Waals surface area contributed by atoms with Gasteiger partial charge < -0.3 is 15.0 Å². The molecule has 2 fully saturated rings. The van der Waals surface area contributed by atoms with Crippen LogP contribution in [0.25, 0.3) is 6.08 Å². The molecule has 182 valence electrons. The van der Waals surface area contributed by atoms with E-state index in [1.807, 2.05) is 0 Å². The summed E-state index contributed by atoms with van der Waals surface area (Å²) in [5.74, 6) is -0.481. The molecule has 2 saturated heterocycles. The third-order valence-electron chi connectivity index (χ3n) is 5.78. The van der Waals surface area contributed by atoms with Crippen LogP contribution >= 0.6 is 22.9 Å². The molecule has 2 aromatic heterocycles. The van der Waals surface area contributed by atoms with E-state index in [4.69, 9.17) is 11.6 Å². The Hall–Kier alpha value is -2.54. The molecule has 13 heteroatoms. The largest absolute Gasteiger partial charge is 0.711 e. The molecule has 0 aliphatic carbocycles. The Morgan fingerprint density at radius 2 is 2.12 bits per heavy atom. The van der Waals surface area contributed by atoms with Gasteiger partial charge in [-0.25, -0.2) is 13.1 Å². The third kappa shape index (κ3) is 5.74. The third-order valence-corrected chi connectivity index (χ3v) is 8.08. The van der Waals surface area contributed by atoms with Crippen LogP contribution in [0.2, 0.25) is 4.34 Å². The van der Waals surface area contributed by atoms with Gasteiger partial charge in [-0.3, -0.25) is 9.59 Å². The Kier molecular flexibility index (Phi) is 7.51. The highest BCUT2D eigenvalue weighted by molar-refractivity contribution is 7.92. The van der Waals surface area contributed by atoms with Crippen molar-refractivity contribution in [2.75, 3.05) is 19.6 Å². The number of nitrogens with one attached hydrogen (secondary N) is 1. The van der Waals surface area contributed by atoms with Crippen LogP contribution in [0.5, 0.6) is 0 Å². The first-order chi connectivity index (χ1) is 16.2. The first-order valence-electron chi connectivity index (χ1n) is 10.8. The summed E-state index contributed by atoms with van der Waals surface area (Å²) in [6.07, 6.45) is 6.51. The summed E-state index contributed by atoms with van der Waals surface area (Å²) >= 11 is 7.10. The smallest absolute Gasteiger partial charge is 0.323 e. The minimum atomic E-state index is -3.88. The standard InChI is InChI=1S/C21H24ClN5O5S2/c22-18-7-6-15(33-18)8-13-34(31,32)24-16-4-1-10-25(21(16)29)14-19(28)26-11-2-5-17(26)20-23-9-3-12-27(20)30/h3,6-9,12-13,16-17,24H,1-2,4-5,10-11,14H2/t16-,17-/m0/s1. The summed E-state index contributed by atoms with van der Waals surface area (Å²) in [4.78, 5) is 33.8. The van der Waals surface area contributed by atoms with Crippen LogP contribution < -0.4 is 9.45 Å². The van der Waals surface area contributed by atoms with Crippen molar-refractivity contribution in [3.8, 4) is 0 Å². The van der Waals surface area contributed by atoms with Crippen molar-refractivity contribution >= 4 is 50.9 Å². The lowest BCUT2D eigenvalue weighted by Crippen LogP contribution is -2.54. The number of halogens is 1. The Balaban J connectivity index is 1.39. The maximum atomic E-state index is 13.0. The summed E-state index contributed by atoms with van der Waals surface area (Å²) in [5, 5.41) is 13.1. The van der Waals surface area contributed by atoms with Crippen molar-refractivity contribution in [2.45, 2.75) is 37.8 Å². The van der Waals surface area contributed by atoms with Crippen LogP contribution in [-0.2, 0) is 19.6 Å². The quantitative estimate of drug-likeness (QED) is 0.433. The number of likely N-dealkylation sites (tertiary alicyclic amines) is 2.